The van der Waals surface area contributed by atoms with E-state index in [-0.39, 0.29) is 23.3 Å². The van der Waals surface area contributed by atoms with Crippen LogP contribution in [0.15, 0.2) is 47.8 Å². The molecule has 0 aliphatic heterocycles. The van der Waals surface area contributed by atoms with E-state index in [1.807, 2.05) is 31.2 Å². The van der Waals surface area contributed by atoms with Gasteiger partial charge in [0.05, 0.1) is 17.2 Å². The molecule has 0 saturated heterocycles. The van der Waals surface area contributed by atoms with Crippen molar-refractivity contribution in [3.63, 3.8) is 0 Å². The first-order valence-corrected chi connectivity index (χ1v) is 10.6. The van der Waals surface area contributed by atoms with Gasteiger partial charge in [0, 0.05) is 16.6 Å². The molecule has 0 unspecified atom stereocenters. The van der Waals surface area contributed by atoms with Gasteiger partial charge < -0.3 is 10.6 Å². The highest BCUT2D eigenvalue weighted by Gasteiger charge is 2.11. The van der Waals surface area contributed by atoms with Gasteiger partial charge in [-0.25, -0.2) is 13.8 Å². The zero-order valence-electron chi connectivity index (χ0n) is 15.4. The Morgan fingerprint density at radius 3 is 2.38 bits per heavy atom. The molecule has 0 saturated carbocycles. The lowest BCUT2D eigenvalue weighted by atomic mass is 10.2. The minimum Gasteiger partial charge on any atom is -0.325 e. The number of benzene rings is 2. The third kappa shape index (κ3) is 6.10. The van der Waals surface area contributed by atoms with Crippen LogP contribution in [0.1, 0.15) is 5.56 Å². The minimum atomic E-state index is -0.957. The monoisotopic (exact) mass is 433 g/mol. The second-order valence-electron chi connectivity index (χ2n) is 6.12. The summed E-state index contributed by atoms with van der Waals surface area (Å²) in [7, 11) is 0. The lowest BCUT2D eigenvalue weighted by Gasteiger charge is -2.05. The molecule has 3 rings (SSSR count). The molecule has 29 heavy (non-hydrogen) atoms. The Balaban J connectivity index is 1.45. The number of nitrogens with one attached hydrogen (secondary N) is 2. The molecule has 1 aromatic heterocycles. The Morgan fingerprint density at radius 1 is 1.00 bits per heavy atom. The summed E-state index contributed by atoms with van der Waals surface area (Å²) >= 11 is 2.36. The van der Waals surface area contributed by atoms with Crippen LogP contribution in [0, 0.1) is 18.6 Å². The number of carbonyl (C=O) groups is 2. The van der Waals surface area contributed by atoms with Crippen molar-refractivity contribution < 1.29 is 18.4 Å². The Bertz CT molecular complexity index is 1020. The van der Waals surface area contributed by atoms with E-state index in [9.17, 15) is 18.4 Å². The zero-order chi connectivity index (χ0) is 20.8. The summed E-state index contributed by atoms with van der Waals surface area (Å²) in [6.45, 7) is 1.96. The molecule has 0 radical (unpaired) electrons. The number of aryl methyl sites for hydroxylation is 1. The molecule has 0 aliphatic carbocycles. The fraction of sp³-hybridized carbons (Fsp3) is 0.150. The number of aromatic nitrogens is 1. The maximum Gasteiger partial charge on any atom is 0.236 e. The van der Waals surface area contributed by atoms with Crippen LogP contribution in [0.3, 0.4) is 0 Å². The lowest BCUT2D eigenvalue weighted by molar-refractivity contribution is -0.114. The van der Waals surface area contributed by atoms with E-state index in [1.54, 1.807) is 5.38 Å². The number of thiazole rings is 1. The van der Waals surface area contributed by atoms with Crippen molar-refractivity contribution in [1.82, 2.24) is 4.98 Å². The number of hydrogen-bond acceptors (Lipinski definition) is 5. The Kier molecular flexibility index (Phi) is 6.95. The van der Waals surface area contributed by atoms with Crippen LogP contribution in [-0.2, 0) is 9.59 Å². The van der Waals surface area contributed by atoms with Gasteiger partial charge in [-0.15, -0.1) is 23.1 Å². The summed E-state index contributed by atoms with van der Waals surface area (Å²) in [5, 5.41) is 7.39. The molecule has 0 atom stereocenters. The number of rotatable bonds is 7. The highest BCUT2D eigenvalue weighted by molar-refractivity contribution is 8.00. The van der Waals surface area contributed by atoms with Crippen LogP contribution in [0.2, 0.25) is 0 Å². The molecule has 2 N–H and O–H groups in total. The van der Waals surface area contributed by atoms with E-state index in [2.05, 4.69) is 15.6 Å². The lowest BCUT2D eigenvalue weighted by Crippen LogP contribution is -2.18. The summed E-state index contributed by atoms with van der Waals surface area (Å²) in [5.74, 6) is -2.16. The first-order chi connectivity index (χ1) is 13.9. The molecule has 3 aromatic rings. The van der Waals surface area contributed by atoms with Crippen LogP contribution >= 0.6 is 23.1 Å². The highest BCUT2D eigenvalue weighted by Crippen LogP contribution is 2.26. The van der Waals surface area contributed by atoms with Gasteiger partial charge in [0.2, 0.25) is 11.8 Å². The SMILES string of the molecule is Cc1ccc(NC(=O)CSCC(=O)Nc2nc(-c3ccc(F)c(F)c3)cs2)cc1. The Morgan fingerprint density at radius 2 is 1.69 bits per heavy atom. The van der Waals surface area contributed by atoms with Crippen LogP contribution in [0.25, 0.3) is 11.3 Å². The second-order valence-corrected chi connectivity index (χ2v) is 7.97. The summed E-state index contributed by atoms with van der Waals surface area (Å²) in [5.41, 5.74) is 2.67. The van der Waals surface area contributed by atoms with Gasteiger partial charge in [-0.3, -0.25) is 9.59 Å². The van der Waals surface area contributed by atoms with Crippen LogP contribution in [0.4, 0.5) is 19.6 Å². The largest absolute Gasteiger partial charge is 0.325 e. The number of anilines is 2. The number of amides is 2. The van der Waals surface area contributed by atoms with Gasteiger partial charge in [-0.2, -0.15) is 0 Å². The number of hydrogen-bond donors (Lipinski definition) is 2. The molecule has 0 fully saturated rings. The smallest absolute Gasteiger partial charge is 0.236 e. The molecule has 5 nitrogen and oxygen atoms in total. The average Bonchev–Trinajstić information content (AvgIpc) is 3.14. The van der Waals surface area contributed by atoms with Crippen molar-refractivity contribution in [2.75, 3.05) is 22.1 Å². The first kappa shape index (κ1) is 20.9. The number of carbonyl (C=O) groups excluding carboxylic acids is 2. The summed E-state index contributed by atoms with van der Waals surface area (Å²) in [4.78, 5) is 28.2. The van der Waals surface area contributed by atoms with Gasteiger partial charge in [-0.05, 0) is 37.3 Å². The van der Waals surface area contributed by atoms with Crippen molar-refractivity contribution in [3.8, 4) is 11.3 Å². The summed E-state index contributed by atoms with van der Waals surface area (Å²) in [6, 6.07) is 10.9. The van der Waals surface area contributed by atoms with Gasteiger partial charge in [0.15, 0.2) is 16.8 Å². The topological polar surface area (TPSA) is 71.1 Å². The molecule has 1 heterocycles. The van der Waals surface area contributed by atoms with Crippen molar-refractivity contribution in [2.45, 2.75) is 6.92 Å². The fourth-order valence-electron chi connectivity index (χ4n) is 2.34. The first-order valence-electron chi connectivity index (χ1n) is 8.56. The van der Waals surface area contributed by atoms with Gasteiger partial charge in [0.25, 0.3) is 0 Å². The van der Waals surface area contributed by atoms with Crippen molar-refractivity contribution in [1.29, 1.82) is 0 Å². The Labute approximate surface area is 174 Å². The predicted octanol–water partition coefficient (Wildman–Crippen LogP) is 4.71. The maximum absolute atomic E-state index is 13.3. The number of thioether (sulfide) groups is 1. The third-order valence-corrected chi connectivity index (χ3v) is 5.46. The van der Waals surface area contributed by atoms with E-state index in [0.717, 1.165) is 17.7 Å². The molecule has 0 aliphatic rings. The predicted molar refractivity (Wildman–Crippen MR) is 113 cm³/mol. The van der Waals surface area contributed by atoms with Gasteiger partial charge in [0.1, 0.15) is 0 Å². The maximum atomic E-state index is 13.3. The summed E-state index contributed by atoms with van der Waals surface area (Å²) in [6.07, 6.45) is 0. The molecule has 0 spiro atoms. The minimum absolute atomic E-state index is 0.0847. The van der Waals surface area contributed by atoms with Crippen molar-refractivity contribution in [2.24, 2.45) is 0 Å². The molecule has 0 bridgehead atoms. The molecule has 2 amide bonds. The zero-order valence-corrected chi connectivity index (χ0v) is 17.0. The molecule has 9 heteroatoms. The van der Waals surface area contributed by atoms with Gasteiger partial charge in [-0.1, -0.05) is 17.7 Å². The van der Waals surface area contributed by atoms with Crippen LogP contribution in [0.5, 0.6) is 0 Å². The van der Waals surface area contributed by atoms with E-state index in [0.29, 0.717) is 22.1 Å². The number of halogens is 2. The normalized spacial score (nSPS) is 10.6. The van der Waals surface area contributed by atoms with Crippen LogP contribution in [-0.4, -0.2) is 28.3 Å². The molecule has 150 valence electrons. The highest BCUT2D eigenvalue weighted by atomic mass is 32.2. The third-order valence-electron chi connectivity index (χ3n) is 3.77. The van der Waals surface area contributed by atoms with E-state index in [4.69, 9.17) is 0 Å². The average molecular weight is 434 g/mol. The van der Waals surface area contributed by atoms with Crippen LogP contribution < -0.4 is 10.6 Å². The van der Waals surface area contributed by atoms with Gasteiger partial charge >= 0.3 is 0 Å². The van der Waals surface area contributed by atoms with E-state index < -0.39 is 11.6 Å². The van der Waals surface area contributed by atoms with E-state index >= 15 is 0 Å². The standard InChI is InChI=1S/C20H17F2N3O2S2/c1-12-2-5-14(6-3-12)23-18(26)10-28-11-19(27)25-20-24-17(9-29-20)13-4-7-15(21)16(22)8-13/h2-9H,10-11H2,1H3,(H,23,26)(H,24,25,27). The molecule has 2 aromatic carbocycles. The number of nitrogens with zero attached hydrogens (tertiary/aromatic N) is 1. The van der Waals surface area contributed by atoms with Crippen molar-refractivity contribution >= 4 is 45.7 Å². The Hall–Kier alpha value is -2.78. The fourth-order valence-corrected chi connectivity index (χ4v) is 3.70. The second kappa shape index (κ2) is 9.62. The quantitative estimate of drug-likeness (QED) is 0.566. The van der Waals surface area contributed by atoms with E-state index in [1.165, 1.54) is 29.2 Å². The van der Waals surface area contributed by atoms with Crippen molar-refractivity contribution in [3.05, 3.63) is 65.0 Å². The molecular formula is C20H17F2N3O2S2. The molecular weight excluding hydrogens is 416 g/mol. The summed E-state index contributed by atoms with van der Waals surface area (Å²) < 4.78 is 26.4.